The Morgan fingerprint density at radius 2 is 1.74 bits per heavy atom. The molecule has 0 radical (unpaired) electrons. The number of hydrogen-bond donors (Lipinski definition) is 2. The summed E-state index contributed by atoms with van der Waals surface area (Å²) >= 11 is 0. The van der Waals surface area contributed by atoms with Gasteiger partial charge in [0.1, 0.15) is 0 Å². The molecule has 1 aromatic heterocycles. The molecule has 3 rings (SSSR count). The number of benzene rings is 2. The molecule has 3 heteroatoms. The third kappa shape index (κ3) is 2.10. The van der Waals surface area contributed by atoms with Gasteiger partial charge in [-0.25, -0.2) is 0 Å². The molecule has 0 saturated carbocycles. The van der Waals surface area contributed by atoms with Gasteiger partial charge in [-0.2, -0.15) is 0 Å². The predicted molar refractivity (Wildman–Crippen MR) is 79.6 cm³/mol. The van der Waals surface area contributed by atoms with Crippen LogP contribution in [0.15, 0.2) is 59.4 Å². The normalized spacial score (nSPS) is 10.6. The molecule has 0 fully saturated rings. The lowest BCUT2D eigenvalue weighted by atomic mass is 10.1. The van der Waals surface area contributed by atoms with E-state index in [1.165, 1.54) is 0 Å². The van der Waals surface area contributed by atoms with Gasteiger partial charge in [0.25, 0.3) is 5.56 Å². The molecule has 0 bridgehead atoms. The summed E-state index contributed by atoms with van der Waals surface area (Å²) in [4.78, 5) is 15.0. The molecule has 94 valence electrons. The average Bonchev–Trinajstić information content (AvgIpc) is 2.47. The Morgan fingerprint density at radius 1 is 1.00 bits per heavy atom. The van der Waals surface area contributed by atoms with Crippen LogP contribution in [0.2, 0.25) is 0 Å². The molecule has 3 aromatic rings. The number of fused-ring (bicyclic) bond motifs is 1. The van der Waals surface area contributed by atoms with E-state index in [0.29, 0.717) is 0 Å². The van der Waals surface area contributed by atoms with Crippen molar-refractivity contribution in [1.29, 1.82) is 0 Å². The summed E-state index contributed by atoms with van der Waals surface area (Å²) in [6, 6.07) is 17.6. The fourth-order valence-electron chi connectivity index (χ4n) is 2.18. The molecule has 2 N–H and O–H groups in total. The highest BCUT2D eigenvalue weighted by molar-refractivity contribution is 5.85. The van der Waals surface area contributed by atoms with Crippen molar-refractivity contribution >= 4 is 16.5 Å². The lowest BCUT2D eigenvalue weighted by Crippen LogP contribution is -2.06. The fraction of sp³-hybridized carbons (Fsp3) is 0.0625. The molecule has 1 heterocycles. The van der Waals surface area contributed by atoms with Gasteiger partial charge >= 0.3 is 0 Å². The molecule has 0 unspecified atom stereocenters. The minimum atomic E-state index is -0.0502. The van der Waals surface area contributed by atoms with Crippen LogP contribution in [0.4, 0.5) is 5.69 Å². The Morgan fingerprint density at radius 3 is 2.47 bits per heavy atom. The molecule has 0 saturated heterocycles. The molecule has 0 aliphatic carbocycles. The first kappa shape index (κ1) is 11.5. The van der Waals surface area contributed by atoms with E-state index in [1.807, 2.05) is 61.6 Å². The highest BCUT2D eigenvalue weighted by atomic mass is 16.1. The van der Waals surface area contributed by atoms with Crippen molar-refractivity contribution in [2.24, 2.45) is 0 Å². The van der Waals surface area contributed by atoms with Gasteiger partial charge in [-0.3, -0.25) is 4.79 Å². The number of H-pyrrole nitrogens is 1. The minimum Gasteiger partial charge on any atom is -0.388 e. The summed E-state index contributed by atoms with van der Waals surface area (Å²) in [6.07, 6.45) is 0. The van der Waals surface area contributed by atoms with Gasteiger partial charge in [0, 0.05) is 23.8 Å². The molecule has 0 aliphatic heterocycles. The number of hydrogen-bond acceptors (Lipinski definition) is 2. The van der Waals surface area contributed by atoms with Gasteiger partial charge in [0.05, 0.1) is 0 Å². The van der Waals surface area contributed by atoms with Gasteiger partial charge in [-0.05, 0) is 35.2 Å². The molecule has 0 aliphatic rings. The number of rotatable bonds is 2. The second kappa shape index (κ2) is 4.61. The smallest absolute Gasteiger partial charge is 0.256 e. The van der Waals surface area contributed by atoms with Crippen LogP contribution in [0.25, 0.3) is 22.0 Å². The summed E-state index contributed by atoms with van der Waals surface area (Å²) in [5.41, 5.74) is 2.84. The lowest BCUT2D eigenvalue weighted by Gasteiger charge is -2.05. The molecule has 0 atom stereocenters. The van der Waals surface area contributed by atoms with Crippen LogP contribution in [0, 0.1) is 0 Å². The van der Waals surface area contributed by atoms with Gasteiger partial charge in [0.2, 0.25) is 0 Å². The minimum absolute atomic E-state index is 0.0502. The van der Waals surface area contributed by atoms with Crippen LogP contribution < -0.4 is 10.9 Å². The summed E-state index contributed by atoms with van der Waals surface area (Å²) in [6.45, 7) is 0. The number of aromatic nitrogens is 1. The average molecular weight is 250 g/mol. The van der Waals surface area contributed by atoms with Gasteiger partial charge in [-0.1, -0.05) is 30.3 Å². The second-order valence-electron chi connectivity index (χ2n) is 4.43. The third-order valence-corrected chi connectivity index (χ3v) is 3.24. The Labute approximate surface area is 110 Å². The molecule has 0 amide bonds. The zero-order valence-corrected chi connectivity index (χ0v) is 10.6. The van der Waals surface area contributed by atoms with Crippen molar-refractivity contribution in [3.63, 3.8) is 0 Å². The van der Waals surface area contributed by atoms with E-state index in [4.69, 9.17) is 0 Å². The number of nitrogens with one attached hydrogen (secondary N) is 2. The molecule has 3 nitrogen and oxygen atoms in total. The SMILES string of the molecule is CNc1ccc(-c2cc3ccccc3c(=O)[nH]2)cc1. The first-order valence-electron chi connectivity index (χ1n) is 6.18. The van der Waals surface area contributed by atoms with Crippen LogP contribution in [-0.4, -0.2) is 12.0 Å². The fourth-order valence-corrected chi connectivity index (χ4v) is 2.18. The van der Waals surface area contributed by atoms with Crippen LogP contribution in [0.3, 0.4) is 0 Å². The highest BCUT2D eigenvalue weighted by Gasteiger charge is 2.03. The Bertz CT molecular complexity index is 773. The Hall–Kier alpha value is -2.55. The summed E-state index contributed by atoms with van der Waals surface area (Å²) in [5, 5.41) is 4.75. The molecule has 0 spiro atoms. The van der Waals surface area contributed by atoms with Gasteiger partial charge < -0.3 is 10.3 Å². The summed E-state index contributed by atoms with van der Waals surface area (Å²) in [5.74, 6) is 0. The van der Waals surface area contributed by atoms with Crippen molar-refractivity contribution in [2.45, 2.75) is 0 Å². The van der Waals surface area contributed by atoms with E-state index in [9.17, 15) is 4.79 Å². The second-order valence-corrected chi connectivity index (χ2v) is 4.43. The van der Waals surface area contributed by atoms with E-state index >= 15 is 0 Å². The first-order chi connectivity index (χ1) is 9.28. The number of anilines is 1. The van der Waals surface area contributed by atoms with Crippen LogP contribution in [0.5, 0.6) is 0 Å². The largest absolute Gasteiger partial charge is 0.388 e. The number of aromatic amines is 1. The predicted octanol–water partition coefficient (Wildman–Crippen LogP) is 3.24. The van der Waals surface area contributed by atoms with E-state index in [0.717, 1.165) is 27.7 Å². The zero-order valence-electron chi connectivity index (χ0n) is 10.6. The maximum Gasteiger partial charge on any atom is 0.256 e. The van der Waals surface area contributed by atoms with E-state index in [2.05, 4.69) is 10.3 Å². The number of pyridine rings is 1. The topological polar surface area (TPSA) is 44.9 Å². The van der Waals surface area contributed by atoms with Crippen molar-refractivity contribution in [3.05, 3.63) is 65.0 Å². The van der Waals surface area contributed by atoms with E-state index in [1.54, 1.807) is 0 Å². The standard InChI is InChI=1S/C16H14N2O/c1-17-13-8-6-11(7-9-13)15-10-12-4-2-3-5-14(12)16(19)18-15/h2-10,17H,1H3,(H,18,19). The Kier molecular flexibility index (Phi) is 2.80. The zero-order chi connectivity index (χ0) is 13.2. The van der Waals surface area contributed by atoms with Crippen molar-refractivity contribution in [1.82, 2.24) is 4.98 Å². The maximum absolute atomic E-state index is 12.0. The van der Waals surface area contributed by atoms with Gasteiger partial charge in [0.15, 0.2) is 0 Å². The quantitative estimate of drug-likeness (QED) is 0.733. The molecular weight excluding hydrogens is 236 g/mol. The maximum atomic E-state index is 12.0. The highest BCUT2D eigenvalue weighted by Crippen LogP contribution is 2.21. The van der Waals surface area contributed by atoms with Crippen LogP contribution in [-0.2, 0) is 0 Å². The molecular formula is C16H14N2O. The van der Waals surface area contributed by atoms with Crippen molar-refractivity contribution in [2.75, 3.05) is 12.4 Å². The van der Waals surface area contributed by atoms with E-state index < -0.39 is 0 Å². The molecule has 2 aromatic carbocycles. The molecule has 19 heavy (non-hydrogen) atoms. The summed E-state index contributed by atoms with van der Waals surface area (Å²) in [7, 11) is 1.88. The van der Waals surface area contributed by atoms with Crippen molar-refractivity contribution in [3.8, 4) is 11.3 Å². The first-order valence-corrected chi connectivity index (χ1v) is 6.18. The van der Waals surface area contributed by atoms with Gasteiger partial charge in [-0.15, -0.1) is 0 Å². The Balaban J connectivity index is 2.16. The summed E-state index contributed by atoms with van der Waals surface area (Å²) < 4.78 is 0. The lowest BCUT2D eigenvalue weighted by molar-refractivity contribution is 1.28. The van der Waals surface area contributed by atoms with Crippen LogP contribution in [0.1, 0.15) is 0 Å². The third-order valence-electron chi connectivity index (χ3n) is 3.24. The van der Waals surface area contributed by atoms with Crippen molar-refractivity contribution < 1.29 is 0 Å². The van der Waals surface area contributed by atoms with Crippen LogP contribution >= 0.6 is 0 Å². The monoisotopic (exact) mass is 250 g/mol. The van der Waals surface area contributed by atoms with E-state index in [-0.39, 0.29) is 5.56 Å².